The second kappa shape index (κ2) is 8.30. The molecule has 0 unspecified atom stereocenters. The highest BCUT2D eigenvalue weighted by molar-refractivity contribution is 7.99. The molecule has 28 heavy (non-hydrogen) atoms. The molecule has 1 saturated heterocycles. The number of methoxy groups -OCH3 is 1. The highest BCUT2D eigenvalue weighted by atomic mass is 32.2. The first-order valence-corrected chi connectivity index (χ1v) is 10.0. The highest BCUT2D eigenvalue weighted by Crippen LogP contribution is 2.19. The van der Waals surface area contributed by atoms with Gasteiger partial charge in [-0.05, 0) is 18.2 Å². The summed E-state index contributed by atoms with van der Waals surface area (Å²) in [6, 6.07) is 6.97. The molecule has 0 aliphatic carbocycles. The van der Waals surface area contributed by atoms with Crippen molar-refractivity contribution in [3.8, 4) is 11.7 Å². The molecule has 3 heterocycles. The predicted octanol–water partition coefficient (Wildman–Crippen LogP) is 2.48. The van der Waals surface area contributed by atoms with E-state index < -0.39 is 0 Å². The molecule has 2 aromatic heterocycles. The van der Waals surface area contributed by atoms with Gasteiger partial charge < -0.3 is 15.0 Å². The summed E-state index contributed by atoms with van der Waals surface area (Å²) in [5, 5.41) is 7.06. The van der Waals surface area contributed by atoms with E-state index in [1.54, 1.807) is 43.8 Å². The van der Waals surface area contributed by atoms with Crippen molar-refractivity contribution in [2.24, 2.45) is 0 Å². The molecule has 0 bridgehead atoms. The molecule has 0 saturated carbocycles. The second-order valence-corrected chi connectivity index (χ2v) is 7.43. The average molecular weight is 396 g/mol. The summed E-state index contributed by atoms with van der Waals surface area (Å²) >= 11 is 1.96. The van der Waals surface area contributed by atoms with Gasteiger partial charge in [0.15, 0.2) is 0 Å². The Kier molecular flexibility index (Phi) is 5.43. The van der Waals surface area contributed by atoms with Crippen molar-refractivity contribution < 1.29 is 9.53 Å². The van der Waals surface area contributed by atoms with E-state index in [1.165, 1.54) is 4.68 Å². The van der Waals surface area contributed by atoms with Crippen LogP contribution in [0, 0.1) is 0 Å². The maximum Gasteiger partial charge on any atom is 0.255 e. The first-order valence-electron chi connectivity index (χ1n) is 8.88. The summed E-state index contributed by atoms with van der Waals surface area (Å²) in [4.78, 5) is 23.5. The van der Waals surface area contributed by atoms with E-state index in [-0.39, 0.29) is 5.91 Å². The van der Waals surface area contributed by atoms with Crippen molar-refractivity contribution in [1.29, 1.82) is 0 Å². The number of thioether (sulfide) groups is 1. The van der Waals surface area contributed by atoms with Crippen molar-refractivity contribution in [1.82, 2.24) is 19.7 Å². The zero-order valence-electron chi connectivity index (χ0n) is 15.4. The minimum atomic E-state index is -0.238. The van der Waals surface area contributed by atoms with Gasteiger partial charge in [0, 0.05) is 30.2 Å². The topological polar surface area (TPSA) is 85.2 Å². The molecular formula is C19H20N6O2S. The summed E-state index contributed by atoms with van der Waals surface area (Å²) in [6.07, 6.45) is 6.88. The number of nitrogens with one attached hydrogen (secondary N) is 1. The van der Waals surface area contributed by atoms with Crippen molar-refractivity contribution in [2.45, 2.75) is 0 Å². The minimum Gasteiger partial charge on any atom is -0.497 e. The van der Waals surface area contributed by atoms with E-state index in [0.29, 0.717) is 22.9 Å². The number of carbonyl (C=O) groups is 1. The number of ether oxygens (including phenoxy) is 1. The van der Waals surface area contributed by atoms with Crippen LogP contribution < -0.4 is 15.0 Å². The maximum atomic E-state index is 12.4. The van der Waals surface area contributed by atoms with Crippen LogP contribution in [0.1, 0.15) is 10.4 Å². The van der Waals surface area contributed by atoms with Crippen LogP contribution in [-0.4, -0.2) is 57.4 Å². The molecule has 0 radical (unpaired) electrons. The molecule has 4 rings (SSSR count). The van der Waals surface area contributed by atoms with Crippen LogP contribution >= 0.6 is 11.8 Å². The van der Waals surface area contributed by atoms with Crippen molar-refractivity contribution >= 4 is 29.0 Å². The quantitative estimate of drug-likeness (QED) is 0.709. The maximum absolute atomic E-state index is 12.4. The Morgan fingerprint density at radius 2 is 1.96 bits per heavy atom. The van der Waals surface area contributed by atoms with E-state index in [4.69, 9.17) is 4.74 Å². The van der Waals surface area contributed by atoms with Crippen molar-refractivity contribution in [3.63, 3.8) is 0 Å². The van der Waals surface area contributed by atoms with Gasteiger partial charge in [-0.15, -0.1) is 0 Å². The fraction of sp³-hybridized carbons (Fsp3) is 0.263. The molecule has 1 aliphatic heterocycles. The smallest absolute Gasteiger partial charge is 0.255 e. The number of aromatic nitrogens is 4. The number of hydrogen-bond donors (Lipinski definition) is 1. The lowest BCUT2D eigenvalue weighted by Gasteiger charge is -2.27. The summed E-state index contributed by atoms with van der Waals surface area (Å²) < 4.78 is 6.69. The lowest BCUT2D eigenvalue weighted by molar-refractivity contribution is 0.102. The average Bonchev–Trinajstić information content (AvgIpc) is 3.23. The van der Waals surface area contributed by atoms with E-state index >= 15 is 0 Å². The van der Waals surface area contributed by atoms with Gasteiger partial charge in [-0.1, -0.05) is 6.07 Å². The first-order chi connectivity index (χ1) is 13.7. The van der Waals surface area contributed by atoms with E-state index in [0.717, 1.165) is 30.3 Å². The van der Waals surface area contributed by atoms with Crippen LogP contribution in [0.3, 0.4) is 0 Å². The first kappa shape index (κ1) is 18.3. The molecule has 1 amide bonds. The summed E-state index contributed by atoms with van der Waals surface area (Å²) in [6.45, 7) is 2.02. The number of benzene rings is 1. The van der Waals surface area contributed by atoms with Crippen LogP contribution in [0.5, 0.6) is 5.75 Å². The Labute approximate surface area is 166 Å². The number of hydrogen-bond acceptors (Lipinski definition) is 7. The van der Waals surface area contributed by atoms with Gasteiger partial charge in [-0.3, -0.25) is 4.79 Å². The molecule has 1 fully saturated rings. The minimum absolute atomic E-state index is 0.238. The Morgan fingerprint density at radius 1 is 1.18 bits per heavy atom. The Hall–Kier alpha value is -3.07. The van der Waals surface area contributed by atoms with E-state index in [1.807, 2.05) is 24.2 Å². The molecule has 144 valence electrons. The predicted molar refractivity (Wildman–Crippen MR) is 110 cm³/mol. The van der Waals surface area contributed by atoms with Gasteiger partial charge in [0.25, 0.3) is 11.9 Å². The number of rotatable bonds is 5. The molecule has 1 N–H and O–H groups in total. The Bertz CT molecular complexity index is 953. The second-order valence-electron chi connectivity index (χ2n) is 6.20. The third-order valence-electron chi connectivity index (χ3n) is 4.38. The zero-order valence-corrected chi connectivity index (χ0v) is 16.2. The standard InChI is InChI=1S/C19H20N6O2S/c1-27-17-4-2-3-14(9-17)18(26)23-15-10-22-25(13-15)19-20-11-16(12-21-19)24-5-7-28-8-6-24/h2-4,9-13H,5-8H2,1H3,(H,23,26). The van der Waals surface area contributed by atoms with Gasteiger partial charge in [-0.2, -0.15) is 16.9 Å². The molecule has 1 aliphatic rings. The largest absolute Gasteiger partial charge is 0.497 e. The van der Waals surface area contributed by atoms with Crippen LogP contribution in [0.2, 0.25) is 0 Å². The van der Waals surface area contributed by atoms with Gasteiger partial charge in [0.2, 0.25) is 0 Å². The molecule has 0 atom stereocenters. The number of amides is 1. The van der Waals surface area contributed by atoms with Gasteiger partial charge in [0.05, 0.1) is 43.3 Å². The highest BCUT2D eigenvalue weighted by Gasteiger charge is 2.13. The number of anilines is 2. The third kappa shape index (κ3) is 4.09. The normalized spacial score (nSPS) is 14.0. The number of nitrogens with zero attached hydrogens (tertiary/aromatic N) is 5. The van der Waals surface area contributed by atoms with Gasteiger partial charge >= 0.3 is 0 Å². The van der Waals surface area contributed by atoms with Crippen LogP contribution in [0.4, 0.5) is 11.4 Å². The van der Waals surface area contributed by atoms with Gasteiger partial charge in [0.1, 0.15) is 5.75 Å². The summed E-state index contributed by atoms with van der Waals surface area (Å²) in [5.41, 5.74) is 2.09. The molecule has 8 nitrogen and oxygen atoms in total. The third-order valence-corrected chi connectivity index (χ3v) is 5.32. The van der Waals surface area contributed by atoms with E-state index in [9.17, 15) is 4.79 Å². The van der Waals surface area contributed by atoms with E-state index in [2.05, 4.69) is 25.3 Å². The van der Waals surface area contributed by atoms with Crippen molar-refractivity contribution in [3.05, 3.63) is 54.6 Å². The molecule has 9 heteroatoms. The van der Waals surface area contributed by atoms with Gasteiger partial charge in [-0.25, -0.2) is 14.6 Å². The van der Waals surface area contributed by atoms with Crippen LogP contribution in [-0.2, 0) is 0 Å². The lowest BCUT2D eigenvalue weighted by Crippen LogP contribution is -2.32. The SMILES string of the molecule is COc1cccc(C(=O)Nc2cnn(-c3ncc(N4CCSCC4)cn3)c2)c1. The Morgan fingerprint density at radius 3 is 2.71 bits per heavy atom. The van der Waals surface area contributed by atoms with Crippen LogP contribution in [0.25, 0.3) is 5.95 Å². The van der Waals surface area contributed by atoms with Crippen molar-refractivity contribution in [2.75, 3.05) is 41.9 Å². The summed E-state index contributed by atoms with van der Waals surface area (Å²) in [7, 11) is 1.57. The zero-order chi connectivity index (χ0) is 19.3. The molecule has 3 aromatic rings. The van der Waals surface area contributed by atoms with Crippen LogP contribution in [0.15, 0.2) is 49.1 Å². The molecular weight excluding hydrogens is 376 g/mol. The number of carbonyl (C=O) groups excluding carboxylic acids is 1. The fourth-order valence-corrected chi connectivity index (χ4v) is 3.78. The lowest BCUT2D eigenvalue weighted by atomic mass is 10.2. The molecule has 0 spiro atoms. The monoisotopic (exact) mass is 396 g/mol. The Balaban J connectivity index is 1.44. The fourth-order valence-electron chi connectivity index (χ4n) is 2.88. The molecule has 1 aromatic carbocycles. The summed E-state index contributed by atoms with van der Waals surface area (Å²) in [5.74, 6) is 3.09.